The molecule has 0 aliphatic carbocycles. The molecule has 2 aliphatic rings. The molecule has 0 unspecified atom stereocenters. The van der Waals surface area contributed by atoms with Gasteiger partial charge < -0.3 is 19.6 Å². The summed E-state index contributed by atoms with van der Waals surface area (Å²) >= 11 is 11.9. The fraction of sp³-hybridized carbons (Fsp3) is 0.158. The van der Waals surface area contributed by atoms with Crippen molar-refractivity contribution in [2.24, 2.45) is 0 Å². The fourth-order valence-electron chi connectivity index (χ4n) is 2.95. The molecule has 4 nitrogen and oxygen atoms in total. The van der Waals surface area contributed by atoms with Gasteiger partial charge in [-0.25, -0.2) is 0 Å². The summed E-state index contributed by atoms with van der Waals surface area (Å²) in [4.78, 5) is 8.94. The maximum absolute atomic E-state index is 5.96. The topological polar surface area (TPSA) is 13.0 Å². The zero-order chi connectivity index (χ0) is 17.2. The second-order valence-corrected chi connectivity index (χ2v) is 6.96. The molecule has 0 N–H and O–H groups in total. The van der Waals surface area contributed by atoms with E-state index in [1.807, 2.05) is 48.5 Å². The molecule has 0 saturated heterocycles. The Bertz CT molecular complexity index is 719. The van der Waals surface area contributed by atoms with Crippen LogP contribution in [0.15, 0.2) is 73.3 Å². The molecule has 0 bridgehead atoms. The highest BCUT2D eigenvalue weighted by molar-refractivity contribution is 6.30. The number of rotatable bonds is 4. The maximum Gasteiger partial charge on any atom is 0.0958 e. The monoisotopic (exact) mass is 372 g/mol. The van der Waals surface area contributed by atoms with E-state index in [2.05, 4.69) is 44.4 Å². The minimum absolute atomic E-state index is 0.758. The van der Waals surface area contributed by atoms with Crippen molar-refractivity contribution in [3.63, 3.8) is 0 Å². The molecule has 128 valence electrons. The van der Waals surface area contributed by atoms with E-state index in [4.69, 9.17) is 23.2 Å². The number of anilines is 2. The molecule has 0 amide bonds. The first-order chi connectivity index (χ1) is 12.2. The molecule has 2 aliphatic heterocycles. The Kier molecular flexibility index (Phi) is 4.47. The van der Waals surface area contributed by atoms with E-state index in [0.29, 0.717) is 0 Å². The molecule has 25 heavy (non-hydrogen) atoms. The fourth-order valence-corrected chi connectivity index (χ4v) is 3.20. The van der Waals surface area contributed by atoms with Crippen molar-refractivity contribution < 1.29 is 0 Å². The van der Waals surface area contributed by atoms with Crippen molar-refractivity contribution >= 4 is 34.6 Å². The van der Waals surface area contributed by atoms with Crippen molar-refractivity contribution in [1.29, 1.82) is 0 Å². The lowest BCUT2D eigenvalue weighted by Crippen LogP contribution is -2.35. The lowest BCUT2D eigenvalue weighted by atomic mass is 10.3. The molecule has 0 atom stereocenters. The number of benzene rings is 2. The lowest BCUT2D eigenvalue weighted by molar-refractivity contribution is 0.250. The van der Waals surface area contributed by atoms with Crippen molar-refractivity contribution in [2.45, 2.75) is 0 Å². The summed E-state index contributed by atoms with van der Waals surface area (Å²) in [6.07, 6.45) is 8.43. The Balaban J connectivity index is 1.32. The molecule has 0 spiro atoms. The average molecular weight is 373 g/mol. The van der Waals surface area contributed by atoms with Crippen LogP contribution in [-0.2, 0) is 0 Å². The largest absolute Gasteiger partial charge is 0.341 e. The van der Waals surface area contributed by atoms with Gasteiger partial charge in [0.2, 0.25) is 0 Å². The predicted octanol–water partition coefficient (Wildman–Crippen LogP) is 4.75. The van der Waals surface area contributed by atoms with Crippen LogP contribution in [0.3, 0.4) is 0 Å². The van der Waals surface area contributed by atoms with Crippen LogP contribution in [-0.4, -0.2) is 29.8 Å². The summed E-state index contributed by atoms with van der Waals surface area (Å²) in [5.41, 5.74) is 2.28. The number of halogens is 2. The molecule has 6 heteroatoms. The molecular formula is C19H18Cl2N4. The highest BCUT2D eigenvalue weighted by atomic mass is 35.5. The second-order valence-electron chi connectivity index (χ2n) is 6.09. The van der Waals surface area contributed by atoms with Crippen molar-refractivity contribution in [1.82, 2.24) is 9.80 Å². The Morgan fingerprint density at radius 3 is 1.40 bits per heavy atom. The van der Waals surface area contributed by atoms with E-state index in [0.717, 1.165) is 41.4 Å². The normalized spacial score (nSPS) is 16.4. The number of nitrogens with zero attached hydrogens (tertiary/aromatic N) is 4. The van der Waals surface area contributed by atoms with Gasteiger partial charge in [-0.1, -0.05) is 23.2 Å². The van der Waals surface area contributed by atoms with Gasteiger partial charge in [-0.2, -0.15) is 0 Å². The summed E-state index contributed by atoms with van der Waals surface area (Å²) in [5.74, 6) is 0. The van der Waals surface area contributed by atoms with Crippen LogP contribution in [0, 0.1) is 0 Å². The number of hydrogen-bond donors (Lipinski definition) is 0. The third-order valence-electron chi connectivity index (χ3n) is 4.26. The standard InChI is InChI=1S/C19H18Cl2N4/c20-16-1-5-18(6-2-16)24-11-9-22(14-24)13-23-10-12-25(15-23)19-7-3-17(21)4-8-19/h1-12H,13-15H2. The summed E-state index contributed by atoms with van der Waals surface area (Å²) in [5, 5.41) is 1.52. The van der Waals surface area contributed by atoms with Gasteiger partial charge in [0.1, 0.15) is 0 Å². The Labute approximate surface area is 157 Å². The van der Waals surface area contributed by atoms with Gasteiger partial charge in [0.25, 0.3) is 0 Å². The minimum atomic E-state index is 0.758. The highest BCUT2D eigenvalue weighted by Gasteiger charge is 2.19. The zero-order valence-corrected chi connectivity index (χ0v) is 15.1. The Hall–Kier alpha value is -2.30. The molecule has 0 radical (unpaired) electrons. The van der Waals surface area contributed by atoms with E-state index in [1.54, 1.807) is 0 Å². The van der Waals surface area contributed by atoms with Crippen LogP contribution in [0.4, 0.5) is 11.4 Å². The molecule has 0 fully saturated rings. The minimum Gasteiger partial charge on any atom is -0.341 e. The van der Waals surface area contributed by atoms with Gasteiger partial charge >= 0.3 is 0 Å². The van der Waals surface area contributed by atoms with E-state index in [9.17, 15) is 0 Å². The quantitative estimate of drug-likeness (QED) is 0.767. The summed E-state index contributed by atoms with van der Waals surface area (Å²) in [6, 6.07) is 15.8. The van der Waals surface area contributed by atoms with Crippen LogP contribution in [0.1, 0.15) is 0 Å². The van der Waals surface area contributed by atoms with Crippen LogP contribution in [0.2, 0.25) is 10.0 Å². The summed E-state index contributed by atoms with van der Waals surface area (Å²) in [6.45, 7) is 2.49. The van der Waals surface area contributed by atoms with Gasteiger partial charge in [-0.3, -0.25) is 0 Å². The first kappa shape index (κ1) is 16.2. The van der Waals surface area contributed by atoms with Gasteiger partial charge in [0.15, 0.2) is 0 Å². The lowest BCUT2D eigenvalue weighted by Gasteiger charge is -2.27. The second kappa shape index (κ2) is 6.90. The maximum atomic E-state index is 5.96. The molecule has 4 rings (SSSR count). The molecule has 2 aromatic rings. The first-order valence-corrected chi connectivity index (χ1v) is 8.82. The SMILES string of the molecule is Clc1ccc(N2C=CN(CN3C=CN(c4ccc(Cl)cc4)C3)C2)cc1. The molecule has 2 aromatic carbocycles. The van der Waals surface area contributed by atoms with Crippen molar-refractivity contribution in [2.75, 3.05) is 29.8 Å². The summed E-state index contributed by atoms with van der Waals surface area (Å²) < 4.78 is 0. The van der Waals surface area contributed by atoms with Gasteiger partial charge in [0, 0.05) is 46.2 Å². The van der Waals surface area contributed by atoms with E-state index < -0.39 is 0 Å². The third kappa shape index (κ3) is 3.70. The van der Waals surface area contributed by atoms with Crippen molar-refractivity contribution in [3.05, 3.63) is 83.4 Å². The smallest absolute Gasteiger partial charge is 0.0958 e. The van der Waals surface area contributed by atoms with E-state index in [1.165, 1.54) is 0 Å². The predicted molar refractivity (Wildman–Crippen MR) is 104 cm³/mol. The zero-order valence-electron chi connectivity index (χ0n) is 13.6. The third-order valence-corrected chi connectivity index (χ3v) is 4.77. The molecular weight excluding hydrogens is 355 g/mol. The van der Waals surface area contributed by atoms with Gasteiger partial charge in [-0.05, 0) is 48.5 Å². The average Bonchev–Trinajstić information content (AvgIpc) is 3.27. The van der Waals surface area contributed by atoms with Gasteiger partial charge in [0.05, 0.1) is 20.0 Å². The van der Waals surface area contributed by atoms with E-state index >= 15 is 0 Å². The Morgan fingerprint density at radius 1 is 0.600 bits per heavy atom. The van der Waals surface area contributed by atoms with Crippen LogP contribution >= 0.6 is 23.2 Å². The molecule has 0 saturated carbocycles. The van der Waals surface area contributed by atoms with Crippen molar-refractivity contribution in [3.8, 4) is 0 Å². The molecule has 2 heterocycles. The Morgan fingerprint density at radius 2 is 1.00 bits per heavy atom. The van der Waals surface area contributed by atoms with Crippen LogP contribution in [0.5, 0.6) is 0 Å². The van der Waals surface area contributed by atoms with Crippen LogP contribution in [0.25, 0.3) is 0 Å². The number of hydrogen-bond acceptors (Lipinski definition) is 4. The summed E-state index contributed by atoms with van der Waals surface area (Å²) in [7, 11) is 0. The highest BCUT2D eigenvalue weighted by Crippen LogP contribution is 2.24. The van der Waals surface area contributed by atoms with Gasteiger partial charge in [-0.15, -0.1) is 0 Å². The molecule has 0 aromatic heterocycles. The van der Waals surface area contributed by atoms with Crippen LogP contribution < -0.4 is 9.80 Å². The first-order valence-electron chi connectivity index (χ1n) is 8.06. The van der Waals surface area contributed by atoms with E-state index in [-0.39, 0.29) is 0 Å².